The fourth-order valence-electron chi connectivity index (χ4n) is 10.5. The fraction of sp³-hybridized carbons (Fsp3) is 0.729. The van der Waals surface area contributed by atoms with Gasteiger partial charge in [-0.15, -0.1) is 0 Å². The minimum Gasteiger partial charge on any atom is -0.457 e. The lowest BCUT2D eigenvalue weighted by atomic mass is 9.82. The molecule has 3 heterocycles. The van der Waals surface area contributed by atoms with Gasteiger partial charge in [-0.05, 0) is 52.4 Å². The molecular formula is C59H94Cl3NO14S4Si. The Bertz CT molecular complexity index is 2130. The Hall–Kier alpha value is -1.47. The molecule has 15 nitrogen and oxygen atoms in total. The summed E-state index contributed by atoms with van der Waals surface area (Å²) in [5.41, 5.74) is 0. The van der Waals surface area contributed by atoms with Gasteiger partial charge in [-0.25, -0.2) is 0 Å². The molecule has 468 valence electrons. The lowest BCUT2D eigenvalue weighted by Crippen LogP contribution is -2.66. The second kappa shape index (κ2) is 37.4. The van der Waals surface area contributed by atoms with Gasteiger partial charge in [0.15, 0.2) is 30.9 Å². The third-order valence-corrected chi connectivity index (χ3v) is 25.5. The lowest BCUT2D eigenvalue weighted by molar-refractivity contribution is -0.273. The Balaban J connectivity index is 0.000000350. The van der Waals surface area contributed by atoms with Gasteiger partial charge in [0, 0.05) is 68.1 Å². The number of alkyl halides is 3. The first-order valence-corrected chi connectivity index (χ1v) is 36.6. The first-order chi connectivity index (χ1) is 38.7. The molecule has 2 N–H and O–H groups in total. The van der Waals surface area contributed by atoms with Gasteiger partial charge in [0.25, 0.3) is 12.1 Å². The molecule has 0 aromatic heterocycles. The highest BCUT2D eigenvalue weighted by Crippen LogP contribution is 2.40. The quantitative estimate of drug-likeness (QED) is 0.0139. The summed E-state index contributed by atoms with van der Waals surface area (Å²) in [6.45, 7) is 31.7. The van der Waals surface area contributed by atoms with Gasteiger partial charge in [0.1, 0.15) is 0 Å². The van der Waals surface area contributed by atoms with Crippen LogP contribution in [0.1, 0.15) is 123 Å². The van der Waals surface area contributed by atoms with E-state index in [4.69, 9.17) is 92.4 Å². The van der Waals surface area contributed by atoms with Crippen molar-refractivity contribution < 1.29 is 66.5 Å². The number of benzene rings is 2. The smallest absolute Gasteiger partial charge is 0.303 e. The number of hydrogen-bond acceptors (Lipinski definition) is 19. The lowest BCUT2D eigenvalue weighted by Gasteiger charge is -2.43. The van der Waals surface area contributed by atoms with Crippen LogP contribution in [0.4, 0.5) is 0 Å². The molecular weight excluding hydrogens is 1210 g/mol. The zero-order valence-corrected chi connectivity index (χ0v) is 57.3. The Morgan fingerprint density at radius 2 is 0.866 bits per heavy atom. The van der Waals surface area contributed by atoms with Crippen molar-refractivity contribution >= 4 is 120 Å². The zero-order chi connectivity index (χ0) is 61.4. The number of esters is 3. The molecule has 0 bridgehead atoms. The SMILES string of the molecule is CCC1O[C@@H](OC(=N)C(Cl)(Cl)Cl)C(OC(C)=O)[C@@H](C)[C@@H]1C.CCC1O[C@@H](OCCSSCCO)C(OC(C)=O)[C@@H](C)[C@@H]1C.CCC1O[C@@H](OCCSSCCO[Si](c2ccccc2)(c2ccccc2)C(C)(C)C)C(OC(C)=O)[C@@H](C)[C@@H]1C. The van der Waals surface area contributed by atoms with Crippen molar-refractivity contribution in [3.63, 3.8) is 0 Å². The average molecular weight is 1300 g/mol. The molecule has 3 aliphatic heterocycles. The van der Waals surface area contributed by atoms with Gasteiger partial charge in [-0.2, -0.15) is 0 Å². The number of halogens is 3. The molecule has 2 aromatic rings. The molecule has 3 fully saturated rings. The van der Waals surface area contributed by atoms with Gasteiger partial charge in [-0.3, -0.25) is 19.8 Å². The average Bonchev–Trinajstić information content (AvgIpc) is 3.63. The van der Waals surface area contributed by atoms with E-state index in [0.717, 1.165) is 36.5 Å². The van der Waals surface area contributed by atoms with Crippen molar-refractivity contribution in [3.05, 3.63) is 60.7 Å². The van der Waals surface area contributed by atoms with Gasteiger partial charge >= 0.3 is 17.9 Å². The Kier molecular flexibility index (Phi) is 34.1. The van der Waals surface area contributed by atoms with E-state index in [1.807, 2.05) is 20.8 Å². The molecule has 0 saturated carbocycles. The minimum atomic E-state index is -2.50. The van der Waals surface area contributed by atoms with Crippen LogP contribution in [-0.4, -0.2) is 146 Å². The first-order valence-electron chi connectivity index (χ1n) is 28.6. The summed E-state index contributed by atoms with van der Waals surface area (Å²) in [5.74, 6) is 2.77. The van der Waals surface area contributed by atoms with Crippen molar-refractivity contribution in [2.45, 2.75) is 187 Å². The Labute approximate surface area is 521 Å². The summed E-state index contributed by atoms with van der Waals surface area (Å²) in [6.07, 6.45) is -0.630. The Morgan fingerprint density at radius 1 is 0.537 bits per heavy atom. The number of ether oxygens (including phenoxy) is 9. The molecule has 5 rings (SSSR count). The number of aliphatic hydroxyl groups is 1. The minimum absolute atomic E-state index is 0.0132. The van der Waals surface area contributed by atoms with Crippen LogP contribution in [0.25, 0.3) is 0 Å². The van der Waals surface area contributed by atoms with Gasteiger partial charge in [-0.1, -0.05) is 222 Å². The van der Waals surface area contributed by atoms with Crippen LogP contribution < -0.4 is 10.4 Å². The van der Waals surface area contributed by atoms with Crippen LogP contribution in [0.5, 0.6) is 0 Å². The maximum Gasteiger partial charge on any atom is 0.303 e. The van der Waals surface area contributed by atoms with E-state index in [1.54, 1.807) is 43.2 Å². The molecule has 0 aliphatic carbocycles. The fourth-order valence-corrected chi connectivity index (χ4v) is 18.6. The number of carbonyl (C=O) groups is 3. The molecule has 23 heteroatoms. The highest BCUT2D eigenvalue weighted by molar-refractivity contribution is 8.77. The third kappa shape index (κ3) is 22.9. The zero-order valence-electron chi connectivity index (χ0n) is 50.7. The van der Waals surface area contributed by atoms with Gasteiger partial charge < -0.3 is 52.2 Å². The predicted octanol–water partition coefficient (Wildman–Crippen LogP) is 12.7. The first kappa shape index (κ1) is 74.8. The molecule has 0 amide bonds. The van der Waals surface area contributed by atoms with E-state index in [-0.39, 0.29) is 77.8 Å². The van der Waals surface area contributed by atoms with Crippen molar-refractivity contribution in [3.8, 4) is 0 Å². The molecule has 0 radical (unpaired) electrons. The molecule has 0 spiro atoms. The maximum atomic E-state index is 11.7. The molecule has 15 atom stereocenters. The summed E-state index contributed by atoms with van der Waals surface area (Å²) in [6, 6.07) is 21.5. The second-order valence-corrected chi connectivity index (χ2v) is 33.9. The number of hydrogen-bond donors (Lipinski definition) is 2. The summed E-state index contributed by atoms with van der Waals surface area (Å²) in [4.78, 5) is 34.3. The molecule has 2 aromatic carbocycles. The molecule has 82 heavy (non-hydrogen) atoms. The Morgan fingerprint density at radius 3 is 1.18 bits per heavy atom. The van der Waals surface area contributed by atoms with Gasteiger partial charge in [0.2, 0.25) is 12.2 Å². The maximum absolute atomic E-state index is 11.7. The van der Waals surface area contributed by atoms with E-state index in [0.29, 0.717) is 37.4 Å². The highest BCUT2D eigenvalue weighted by atomic mass is 35.6. The van der Waals surface area contributed by atoms with Crippen LogP contribution in [0.2, 0.25) is 5.04 Å². The van der Waals surface area contributed by atoms with Crippen LogP contribution in [-0.2, 0) is 61.4 Å². The highest BCUT2D eigenvalue weighted by Gasteiger charge is 2.51. The van der Waals surface area contributed by atoms with E-state index < -0.39 is 49.0 Å². The summed E-state index contributed by atoms with van der Waals surface area (Å²) >= 11 is 16.8. The van der Waals surface area contributed by atoms with Crippen molar-refractivity contribution in [2.24, 2.45) is 35.5 Å². The second-order valence-electron chi connectivity index (χ2n) is 21.9. The number of aliphatic hydroxyl groups excluding tert-OH is 1. The monoisotopic (exact) mass is 1300 g/mol. The van der Waals surface area contributed by atoms with E-state index in [1.165, 1.54) is 31.1 Å². The van der Waals surface area contributed by atoms with Crippen molar-refractivity contribution in [1.29, 1.82) is 5.41 Å². The van der Waals surface area contributed by atoms with E-state index in [9.17, 15) is 14.4 Å². The normalized spacial score (nSPS) is 28.5. The number of carbonyl (C=O) groups excluding carboxylic acids is 3. The standard InChI is InChI=1S/C31H46O5S2Si.C15H28O5S2.C13H20Cl3NO4/c1-8-28-23(2)24(3)29(35-25(4)32)30(36-28)33-19-21-37-38-22-20-34-39(31(5,6)7,26-15-11-9-12-16-26)27-17-13-10-14-18-27;1-5-13-10(2)11(3)14(19-12(4)17)15(20-13)18-7-9-22-21-8-6-16;1-5-9-6(2)7(3)10(19-8(4)18)11(20-9)21-12(17)13(14,15)16/h9-18,23-24,28-30H,8,19-22H2,1-7H3;10-11,13-16H,5-9H2,1-4H3;6-7,9-11,17H,5H2,1-4H3/t23-,24-,28?,29?,30+;10-,11-,13?,14?,15+;6-,7-,9?,10?,11-/m000/s1. The van der Waals surface area contributed by atoms with Gasteiger partial charge in [0.05, 0.1) is 38.1 Å². The number of nitrogens with one attached hydrogen (secondary N) is 1. The summed E-state index contributed by atoms with van der Waals surface area (Å²) in [5, 5.41) is 19.0. The van der Waals surface area contributed by atoms with Crippen molar-refractivity contribution in [1.82, 2.24) is 0 Å². The third-order valence-electron chi connectivity index (χ3n) is 15.3. The van der Waals surface area contributed by atoms with Crippen LogP contribution in [0.15, 0.2) is 60.7 Å². The van der Waals surface area contributed by atoms with Crippen LogP contribution in [0, 0.1) is 40.9 Å². The van der Waals surface area contributed by atoms with Crippen molar-refractivity contribution in [2.75, 3.05) is 49.4 Å². The number of rotatable bonds is 25. The predicted molar refractivity (Wildman–Crippen MR) is 340 cm³/mol. The van der Waals surface area contributed by atoms with Crippen LogP contribution >= 0.6 is 78.0 Å². The van der Waals surface area contributed by atoms with E-state index in [2.05, 4.69) is 123 Å². The molecule has 3 aliphatic rings. The largest absolute Gasteiger partial charge is 0.457 e. The van der Waals surface area contributed by atoms with Crippen LogP contribution in [0.3, 0.4) is 0 Å². The summed E-state index contributed by atoms with van der Waals surface area (Å²) in [7, 11) is 4.36. The molecule has 6 unspecified atom stereocenters. The topological polar surface area (TPSA) is 188 Å². The molecule has 3 saturated heterocycles. The van der Waals surface area contributed by atoms with E-state index >= 15 is 0 Å². The summed E-state index contributed by atoms with van der Waals surface area (Å²) < 4.78 is 56.5.